The van der Waals surface area contributed by atoms with Crippen LogP contribution < -0.4 is 5.73 Å². The summed E-state index contributed by atoms with van der Waals surface area (Å²) in [6.45, 7) is 3.64. The number of nitriles is 3. The molecular formula is C13H10N4. The van der Waals surface area contributed by atoms with Crippen LogP contribution in [0, 0.1) is 47.8 Å². The first-order valence-corrected chi connectivity index (χ1v) is 4.86. The van der Waals surface area contributed by atoms with Crippen LogP contribution in [0.2, 0.25) is 0 Å². The van der Waals surface area contributed by atoms with Gasteiger partial charge in [-0.25, -0.2) is 0 Å². The fourth-order valence-electron chi connectivity index (χ4n) is 1.52. The van der Waals surface area contributed by atoms with Crippen LogP contribution in [0.15, 0.2) is 17.7 Å². The molecule has 0 amide bonds. The van der Waals surface area contributed by atoms with Crippen molar-refractivity contribution in [2.24, 2.45) is 0 Å². The van der Waals surface area contributed by atoms with Crippen molar-refractivity contribution < 1.29 is 0 Å². The van der Waals surface area contributed by atoms with E-state index in [9.17, 15) is 0 Å². The number of rotatable bonds is 1. The fraction of sp³-hybridized carbons (Fsp3) is 0.154. The largest absolute Gasteiger partial charge is 0.398 e. The SMILES string of the molecule is Cc1cc(C(C#N)=C(C#N)C#N)cc(C)c1N. The van der Waals surface area contributed by atoms with Gasteiger partial charge in [0.15, 0.2) is 0 Å². The second-order valence-electron chi connectivity index (χ2n) is 3.61. The van der Waals surface area contributed by atoms with E-state index in [4.69, 9.17) is 21.5 Å². The van der Waals surface area contributed by atoms with Gasteiger partial charge in [0, 0.05) is 5.69 Å². The molecule has 0 spiro atoms. The van der Waals surface area contributed by atoms with E-state index in [-0.39, 0.29) is 11.1 Å². The zero-order chi connectivity index (χ0) is 13.0. The molecular weight excluding hydrogens is 212 g/mol. The molecule has 82 valence electrons. The van der Waals surface area contributed by atoms with E-state index in [1.807, 2.05) is 19.9 Å². The minimum absolute atomic E-state index is 0.0844. The average Bonchev–Trinajstić information content (AvgIpc) is 2.32. The van der Waals surface area contributed by atoms with Crippen LogP contribution in [0.1, 0.15) is 16.7 Å². The summed E-state index contributed by atoms with van der Waals surface area (Å²) in [6.07, 6.45) is 0. The van der Waals surface area contributed by atoms with Crippen LogP contribution in [-0.4, -0.2) is 0 Å². The van der Waals surface area contributed by atoms with Gasteiger partial charge in [-0.2, -0.15) is 15.8 Å². The maximum Gasteiger partial charge on any atom is 0.148 e. The molecule has 0 saturated carbocycles. The van der Waals surface area contributed by atoms with E-state index < -0.39 is 0 Å². The third-order valence-electron chi connectivity index (χ3n) is 2.47. The van der Waals surface area contributed by atoms with Crippen molar-refractivity contribution in [1.29, 1.82) is 15.8 Å². The molecule has 1 aromatic carbocycles. The number of benzene rings is 1. The van der Waals surface area contributed by atoms with E-state index in [2.05, 4.69) is 0 Å². The van der Waals surface area contributed by atoms with E-state index in [1.165, 1.54) is 0 Å². The Morgan fingerprint density at radius 3 is 1.82 bits per heavy atom. The number of hydrogen-bond acceptors (Lipinski definition) is 4. The van der Waals surface area contributed by atoms with E-state index in [0.717, 1.165) is 11.1 Å². The number of anilines is 1. The molecule has 0 fully saturated rings. The molecule has 0 bridgehead atoms. The topological polar surface area (TPSA) is 97.4 Å². The van der Waals surface area contributed by atoms with Crippen molar-refractivity contribution in [3.8, 4) is 18.2 Å². The maximum atomic E-state index is 9.02. The third-order valence-corrected chi connectivity index (χ3v) is 2.47. The molecule has 0 unspecified atom stereocenters. The highest BCUT2D eigenvalue weighted by atomic mass is 14.6. The van der Waals surface area contributed by atoms with Gasteiger partial charge >= 0.3 is 0 Å². The molecule has 2 N–H and O–H groups in total. The second kappa shape index (κ2) is 4.84. The summed E-state index contributed by atoms with van der Waals surface area (Å²) in [5.74, 6) is 0. The molecule has 0 aliphatic carbocycles. The Labute approximate surface area is 99.8 Å². The van der Waals surface area contributed by atoms with Crippen molar-refractivity contribution >= 4 is 11.3 Å². The lowest BCUT2D eigenvalue weighted by atomic mass is 9.97. The summed E-state index contributed by atoms with van der Waals surface area (Å²) >= 11 is 0. The molecule has 0 aliphatic rings. The number of nitrogens with zero attached hydrogens (tertiary/aromatic N) is 3. The summed E-state index contributed by atoms with van der Waals surface area (Å²) in [5, 5.41) is 26.6. The Kier molecular flexibility index (Phi) is 3.50. The van der Waals surface area contributed by atoms with Crippen molar-refractivity contribution in [2.75, 3.05) is 5.73 Å². The first kappa shape index (κ1) is 12.3. The van der Waals surface area contributed by atoms with Crippen LogP contribution >= 0.6 is 0 Å². The molecule has 0 radical (unpaired) electrons. The molecule has 0 atom stereocenters. The highest BCUT2D eigenvalue weighted by molar-refractivity contribution is 5.85. The number of nitrogens with two attached hydrogens (primary N) is 1. The summed E-state index contributed by atoms with van der Waals surface area (Å²) in [4.78, 5) is 0. The van der Waals surface area contributed by atoms with Gasteiger partial charge in [-0.1, -0.05) is 0 Å². The lowest BCUT2D eigenvalue weighted by Gasteiger charge is -2.07. The van der Waals surface area contributed by atoms with Crippen LogP contribution in [0.25, 0.3) is 5.57 Å². The van der Waals surface area contributed by atoms with Crippen molar-refractivity contribution in [3.63, 3.8) is 0 Å². The van der Waals surface area contributed by atoms with Crippen LogP contribution in [0.4, 0.5) is 5.69 Å². The zero-order valence-corrected chi connectivity index (χ0v) is 9.57. The van der Waals surface area contributed by atoms with Gasteiger partial charge in [-0.15, -0.1) is 0 Å². The molecule has 4 heteroatoms. The van der Waals surface area contributed by atoms with Crippen LogP contribution in [0.3, 0.4) is 0 Å². The van der Waals surface area contributed by atoms with Crippen LogP contribution in [0.5, 0.6) is 0 Å². The maximum absolute atomic E-state index is 9.02. The second-order valence-corrected chi connectivity index (χ2v) is 3.61. The standard InChI is InChI=1S/C13H10N4/c1-8-3-10(4-9(2)13(8)17)12(7-16)11(5-14)6-15/h3-4H,17H2,1-2H3. The first-order valence-electron chi connectivity index (χ1n) is 4.86. The first-order chi connectivity index (χ1) is 8.04. The summed E-state index contributed by atoms with van der Waals surface area (Å²) in [6, 6.07) is 8.73. The molecule has 0 saturated heterocycles. The monoisotopic (exact) mass is 222 g/mol. The number of hydrogen-bond donors (Lipinski definition) is 1. The number of aryl methyl sites for hydroxylation is 2. The average molecular weight is 222 g/mol. The van der Waals surface area contributed by atoms with Gasteiger partial charge in [0.25, 0.3) is 0 Å². The van der Waals surface area contributed by atoms with E-state index in [0.29, 0.717) is 11.3 Å². The van der Waals surface area contributed by atoms with Crippen molar-refractivity contribution in [3.05, 3.63) is 34.4 Å². The predicted octanol–water partition coefficient (Wildman–Crippen LogP) is 2.21. The summed E-state index contributed by atoms with van der Waals surface area (Å²) < 4.78 is 0. The molecule has 17 heavy (non-hydrogen) atoms. The van der Waals surface area contributed by atoms with Crippen LogP contribution in [-0.2, 0) is 0 Å². The number of allylic oxidation sites excluding steroid dienone is 2. The van der Waals surface area contributed by atoms with Gasteiger partial charge in [-0.05, 0) is 42.7 Å². The van der Waals surface area contributed by atoms with Gasteiger partial charge in [0.2, 0.25) is 0 Å². The Morgan fingerprint density at radius 1 is 1.00 bits per heavy atom. The van der Waals surface area contributed by atoms with Crippen molar-refractivity contribution in [1.82, 2.24) is 0 Å². The van der Waals surface area contributed by atoms with Gasteiger partial charge in [0.1, 0.15) is 23.8 Å². The highest BCUT2D eigenvalue weighted by Crippen LogP contribution is 2.25. The minimum Gasteiger partial charge on any atom is -0.398 e. The molecule has 1 aromatic rings. The Bertz CT molecular complexity index is 579. The highest BCUT2D eigenvalue weighted by Gasteiger charge is 2.11. The van der Waals surface area contributed by atoms with E-state index in [1.54, 1.807) is 24.3 Å². The zero-order valence-electron chi connectivity index (χ0n) is 9.57. The minimum atomic E-state index is -0.184. The molecule has 4 nitrogen and oxygen atoms in total. The van der Waals surface area contributed by atoms with E-state index >= 15 is 0 Å². The Balaban J connectivity index is 3.57. The van der Waals surface area contributed by atoms with Crippen molar-refractivity contribution in [2.45, 2.75) is 13.8 Å². The number of nitrogen functional groups attached to an aromatic ring is 1. The normalized spacial score (nSPS) is 8.65. The lowest BCUT2D eigenvalue weighted by molar-refractivity contribution is 1.36. The smallest absolute Gasteiger partial charge is 0.148 e. The Morgan fingerprint density at radius 2 is 1.47 bits per heavy atom. The summed E-state index contributed by atoms with van der Waals surface area (Å²) in [5.41, 5.74) is 8.55. The fourth-order valence-corrected chi connectivity index (χ4v) is 1.52. The third kappa shape index (κ3) is 2.25. The molecule has 1 rings (SSSR count). The molecule has 0 heterocycles. The summed E-state index contributed by atoms with van der Waals surface area (Å²) in [7, 11) is 0. The predicted molar refractivity (Wildman–Crippen MR) is 64.1 cm³/mol. The molecule has 0 aliphatic heterocycles. The van der Waals surface area contributed by atoms with Gasteiger partial charge < -0.3 is 5.73 Å². The van der Waals surface area contributed by atoms with Gasteiger partial charge in [-0.3, -0.25) is 0 Å². The molecule has 0 aromatic heterocycles. The Hall–Kier alpha value is -2.77. The quantitative estimate of drug-likeness (QED) is 0.581. The lowest BCUT2D eigenvalue weighted by Crippen LogP contribution is -1.96. The van der Waals surface area contributed by atoms with Gasteiger partial charge in [0.05, 0.1) is 5.57 Å².